The summed E-state index contributed by atoms with van der Waals surface area (Å²) in [7, 11) is 5.46. The van der Waals surface area contributed by atoms with Crippen LogP contribution in [0.25, 0.3) is 88.9 Å². The Morgan fingerprint density at radius 2 is 0.762 bits per heavy atom. The van der Waals surface area contributed by atoms with E-state index in [1.165, 1.54) is 16.7 Å². The first kappa shape index (κ1) is 88.0. The Labute approximate surface area is 758 Å². The number of carbonyl (C=O) groups is 4. The van der Waals surface area contributed by atoms with E-state index in [-0.39, 0.29) is 23.6 Å². The van der Waals surface area contributed by atoms with Crippen molar-refractivity contribution in [2.45, 2.75) is 136 Å². The van der Waals surface area contributed by atoms with Crippen molar-refractivity contribution in [1.82, 2.24) is 103 Å². The molecule has 4 fully saturated rings. The quantitative estimate of drug-likeness (QED) is 0.0557. The van der Waals surface area contributed by atoms with E-state index < -0.39 is 0 Å². The van der Waals surface area contributed by atoms with Crippen molar-refractivity contribution >= 4 is 67.8 Å². The summed E-state index contributed by atoms with van der Waals surface area (Å²) >= 11 is 0. The second-order valence-electron chi connectivity index (χ2n) is 35.2. The number of carbonyl (C=O) groups excluding carboxylic acids is 4. The maximum Gasteiger partial charge on any atom is 0.222 e. The molecule has 666 valence electrons. The SMILES string of the molecule is COc1cccc(CCC(=O)N2CCC(Cn3cnc4cc(-c5cnn(C)c5)ccc43)CC2)c1.Cc1[nH]ncc1-c1ccc2c(c1)ncn2CC1CCN(C(=O)CCc2ccccc2)CC1.Cn1cc(-c2ccc3c(c2)ncn3CC2CCN(C(=O)CCc3ccccc3)CC2)nn1.O=C(CCc1ccccc1)N1CCC(Cn2cnc3cc(-c4cnccn4)ccc32)CC1. The number of rotatable bonds is 25. The number of nitrogens with zero attached hydrogens (tertiary/aromatic N) is 20. The van der Waals surface area contributed by atoms with Crippen LogP contribution in [0.15, 0.2) is 257 Å². The lowest BCUT2D eigenvalue weighted by atomic mass is 9.96. The molecule has 0 unspecified atom stereocenters. The number of aryl methyl sites for hydroxylation is 7. The lowest BCUT2D eigenvalue weighted by molar-refractivity contribution is -0.133. The van der Waals surface area contributed by atoms with Crippen LogP contribution in [0.4, 0.5) is 0 Å². The average Bonchev–Trinajstić information content (AvgIpc) is 1.58. The Hall–Kier alpha value is -14.0. The van der Waals surface area contributed by atoms with Crippen LogP contribution in [0.2, 0.25) is 0 Å². The summed E-state index contributed by atoms with van der Waals surface area (Å²) < 4.78 is 17.8. The summed E-state index contributed by atoms with van der Waals surface area (Å²) in [6, 6.07) is 64.1. The number of benzene rings is 8. The van der Waals surface area contributed by atoms with Gasteiger partial charge < -0.3 is 42.6 Å². The zero-order valence-electron chi connectivity index (χ0n) is 74.8. The lowest BCUT2D eigenvalue weighted by Gasteiger charge is -2.32. The fraction of sp³-hybridized carbons (Fsp3) is 0.346. The molecule has 4 aliphatic rings. The molecule has 8 aromatic carbocycles. The molecule has 4 aliphatic heterocycles. The maximum atomic E-state index is 12.7. The minimum absolute atomic E-state index is 0.247. The van der Waals surface area contributed by atoms with Gasteiger partial charge in [-0.3, -0.25) is 43.6 Å². The number of amides is 4. The third-order valence-electron chi connectivity index (χ3n) is 26.3. The first-order chi connectivity index (χ1) is 63.7. The molecule has 8 aromatic heterocycles. The zero-order valence-corrected chi connectivity index (χ0v) is 74.8. The lowest BCUT2D eigenvalue weighted by Crippen LogP contribution is -2.39. The third kappa shape index (κ3) is 22.5. The summed E-state index contributed by atoms with van der Waals surface area (Å²) in [5, 5.41) is 19.6. The summed E-state index contributed by atoms with van der Waals surface area (Å²) in [5.41, 5.74) is 22.7. The summed E-state index contributed by atoms with van der Waals surface area (Å²) in [4.78, 5) is 85.8. The molecule has 0 radical (unpaired) electrons. The number of aromatic nitrogens is 17. The van der Waals surface area contributed by atoms with E-state index in [0.717, 1.165) is 261 Å². The standard InChI is InChI=1S/C27H31N5O2.C26H29N5O.C26H27N5O.C25H28N6O/c1-30-18-23(16-29-30)22-7-8-26-25(15-22)28-19-32(26)17-21-10-12-31(13-11-21)27(33)9-6-20-4-3-5-24(14-20)34-2;1-19-23(16-28-29-19)22-8-9-25-24(15-22)27-18-31(25)17-21-11-13-30(14-12-21)26(32)10-7-20-5-3-2-4-6-20;32-26(9-6-20-4-2-1-3-5-20)30-14-10-21(11-15-30)18-31-19-29-23-16-22(7-8-25(23)31)24-17-27-12-13-28-24;1-29-17-23(27-28-29)21-8-9-24-22(15-21)26-18-31(24)16-20-11-13-30(14-12-20)25(32)10-7-19-5-3-2-4-6-19/h3-5,7-8,14-16,18-19,21H,6,9-13,17H2,1-2H3;2-6,8-9,15-16,18,21H,7,10-14,17H2,1H3,(H,28,29);1-5,7-8,12-13,16-17,19,21H,6,9-11,14-15,18H2;2-6,8-9,15,17-18,20H,7,10-14,16H2,1H3. The smallest absolute Gasteiger partial charge is 0.222 e. The topological polar surface area (TPSA) is 265 Å². The van der Waals surface area contributed by atoms with Crippen LogP contribution in [0.5, 0.6) is 5.75 Å². The van der Waals surface area contributed by atoms with E-state index in [1.807, 2.05) is 168 Å². The molecule has 16 aromatic rings. The fourth-order valence-corrected chi connectivity index (χ4v) is 18.6. The van der Waals surface area contributed by atoms with Gasteiger partial charge in [0.25, 0.3) is 0 Å². The monoisotopic (exact) mass is 1740 g/mol. The van der Waals surface area contributed by atoms with Gasteiger partial charge in [-0.15, -0.1) is 5.10 Å². The maximum absolute atomic E-state index is 12.7. The van der Waals surface area contributed by atoms with Crippen molar-refractivity contribution in [3.05, 3.63) is 285 Å². The second-order valence-corrected chi connectivity index (χ2v) is 35.2. The molecule has 26 nitrogen and oxygen atoms in total. The Bertz CT molecular complexity index is 6420. The molecule has 0 saturated carbocycles. The van der Waals surface area contributed by atoms with Crippen molar-refractivity contribution in [1.29, 1.82) is 0 Å². The number of H-pyrrole nitrogens is 1. The predicted octanol–water partition coefficient (Wildman–Crippen LogP) is 17.0. The number of hydrogen-bond acceptors (Lipinski definition) is 15. The van der Waals surface area contributed by atoms with E-state index in [4.69, 9.17) is 4.74 Å². The minimum Gasteiger partial charge on any atom is -0.497 e. The number of methoxy groups -OCH3 is 1. The summed E-state index contributed by atoms with van der Waals surface area (Å²) in [6.45, 7) is 12.6. The summed E-state index contributed by atoms with van der Waals surface area (Å²) in [6.07, 6.45) is 34.4. The van der Waals surface area contributed by atoms with Gasteiger partial charge in [-0.1, -0.05) is 133 Å². The number of imidazole rings is 4. The van der Waals surface area contributed by atoms with Gasteiger partial charge in [0.15, 0.2) is 0 Å². The van der Waals surface area contributed by atoms with Crippen LogP contribution in [0.3, 0.4) is 0 Å². The van der Waals surface area contributed by atoms with Crippen LogP contribution in [0, 0.1) is 30.6 Å². The third-order valence-corrected chi connectivity index (χ3v) is 26.3. The van der Waals surface area contributed by atoms with Gasteiger partial charge in [0.2, 0.25) is 23.6 Å². The number of ether oxygens (including phenoxy) is 1. The van der Waals surface area contributed by atoms with Crippen molar-refractivity contribution in [3.8, 4) is 50.5 Å². The van der Waals surface area contributed by atoms with Gasteiger partial charge in [-0.05, 0) is 202 Å². The molecular weight excluding hydrogens is 1620 g/mol. The number of nitrogens with one attached hydrogen (secondary N) is 1. The summed E-state index contributed by atoms with van der Waals surface area (Å²) in [5.74, 6) is 4.16. The molecule has 12 heterocycles. The highest BCUT2D eigenvalue weighted by atomic mass is 16.5. The largest absolute Gasteiger partial charge is 0.497 e. The Morgan fingerprint density at radius 1 is 0.377 bits per heavy atom. The molecule has 0 aliphatic carbocycles. The highest BCUT2D eigenvalue weighted by Gasteiger charge is 2.29. The van der Waals surface area contributed by atoms with Crippen molar-refractivity contribution in [2.24, 2.45) is 37.8 Å². The molecule has 4 saturated heterocycles. The van der Waals surface area contributed by atoms with Crippen molar-refractivity contribution in [2.75, 3.05) is 59.5 Å². The van der Waals surface area contributed by atoms with Crippen molar-refractivity contribution in [3.63, 3.8) is 0 Å². The van der Waals surface area contributed by atoms with E-state index >= 15 is 0 Å². The van der Waals surface area contributed by atoms with Gasteiger partial charge in [0.05, 0.1) is 107 Å². The predicted molar refractivity (Wildman–Crippen MR) is 507 cm³/mol. The highest BCUT2D eigenvalue weighted by molar-refractivity contribution is 5.86. The van der Waals surface area contributed by atoms with Crippen LogP contribution < -0.4 is 4.74 Å². The molecule has 20 rings (SSSR count). The first-order valence-corrected chi connectivity index (χ1v) is 46.0. The van der Waals surface area contributed by atoms with E-state index in [0.29, 0.717) is 49.4 Å². The highest BCUT2D eigenvalue weighted by Crippen LogP contribution is 2.33. The molecule has 1 N–H and O–H groups in total. The zero-order chi connectivity index (χ0) is 89.1. The normalized spacial score (nSPS) is 14.7. The fourth-order valence-electron chi connectivity index (χ4n) is 18.6. The van der Waals surface area contributed by atoms with Gasteiger partial charge in [0.1, 0.15) is 11.4 Å². The van der Waals surface area contributed by atoms with Crippen molar-refractivity contribution < 1.29 is 23.9 Å². The van der Waals surface area contributed by atoms with Crippen LogP contribution >= 0.6 is 0 Å². The molecule has 130 heavy (non-hydrogen) atoms. The number of likely N-dealkylation sites (tertiary alicyclic amines) is 4. The van der Waals surface area contributed by atoms with Gasteiger partial charge >= 0.3 is 0 Å². The van der Waals surface area contributed by atoms with Crippen LogP contribution in [0.1, 0.15) is 105 Å². The number of piperidine rings is 4. The number of hydrogen-bond donors (Lipinski definition) is 1. The molecule has 26 heteroatoms. The molecule has 0 spiro atoms. The molecule has 4 amide bonds. The molecule has 0 bridgehead atoms. The van der Waals surface area contributed by atoms with E-state index in [9.17, 15) is 19.2 Å². The van der Waals surface area contributed by atoms with Gasteiger partial charge in [-0.25, -0.2) is 19.9 Å². The molecular formula is C104H115N21O5. The number of fused-ring (bicyclic) bond motifs is 4. The Kier molecular flexibility index (Phi) is 28.6. The van der Waals surface area contributed by atoms with Crippen LogP contribution in [-0.2, 0) is 85.1 Å². The van der Waals surface area contributed by atoms with Gasteiger partial charge in [-0.2, -0.15) is 10.2 Å². The Balaban J connectivity index is 0.000000121. The van der Waals surface area contributed by atoms with Crippen LogP contribution in [-0.4, -0.2) is 186 Å². The average molecular weight is 1740 g/mol. The van der Waals surface area contributed by atoms with Gasteiger partial charge in [0, 0.05) is 165 Å². The minimum atomic E-state index is 0.247. The second kappa shape index (κ2) is 42.3. The Morgan fingerprint density at radius 3 is 1.13 bits per heavy atom. The van der Waals surface area contributed by atoms with E-state index in [1.54, 1.807) is 30.4 Å². The van der Waals surface area contributed by atoms with E-state index in [2.05, 4.69) is 189 Å². The number of aromatic amines is 1. The molecule has 0 atom stereocenters. The first-order valence-electron chi connectivity index (χ1n) is 46.0.